The Bertz CT molecular complexity index is 398. The van der Waals surface area contributed by atoms with Gasteiger partial charge in [0.25, 0.3) is 0 Å². The van der Waals surface area contributed by atoms with Crippen molar-refractivity contribution in [3.8, 4) is 0 Å². The van der Waals surface area contributed by atoms with E-state index in [1.54, 1.807) is 20.8 Å². The molecule has 7 heteroatoms. The summed E-state index contributed by atoms with van der Waals surface area (Å²) < 4.78 is 5.02. The number of β-lactam (4-membered cyclic amide) rings is 1. The van der Waals surface area contributed by atoms with Crippen molar-refractivity contribution in [3.63, 3.8) is 0 Å². The number of nitrogens with two attached hydrogens (primary N) is 1. The number of hydrogen-bond donors (Lipinski definition) is 3. The van der Waals surface area contributed by atoms with Crippen LogP contribution in [0.1, 0.15) is 20.8 Å². The Morgan fingerprint density at radius 3 is 2.50 bits per heavy atom. The number of rotatable bonds is 3. The lowest BCUT2D eigenvalue weighted by Gasteiger charge is -2.35. The highest BCUT2D eigenvalue weighted by Crippen LogP contribution is 2.11. The zero-order valence-corrected chi connectivity index (χ0v) is 10.5. The second kappa shape index (κ2) is 5.07. The summed E-state index contributed by atoms with van der Waals surface area (Å²) in [5.41, 5.74) is 4.30. The Kier molecular flexibility index (Phi) is 3.95. The molecule has 1 rings (SSSR count). The molecular formula is C11H17N3O4. The minimum atomic E-state index is -0.740. The van der Waals surface area contributed by atoms with Crippen LogP contribution in [0.15, 0.2) is 12.2 Å². The quantitative estimate of drug-likeness (QED) is 0.462. The average molecular weight is 255 g/mol. The SMILES string of the molecule is CC(C)(C)OC(=O)N[C@H]1C(=O)N[C@H]1C=CC(N)=O. The van der Waals surface area contributed by atoms with Gasteiger partial charge in [0, 0.05) is 6.08 Å². The van der Waals surface area contributed by atoms with E-state index in [9.17, 15) is 14.4 Å². The second-order valence-corrected chi connectivity index (χ2v) is 4.92. The molecule has 1 aliphatic heterocycles. The van der Waals surface area contributed by atoms with Gasteiger partial charge in [-0.2, -0.15) is 0 Å². The van der Waals surface area contributed by atoms with E-state index in [0.29, 0.717) is 0 Å². The van der Waals surface area contributed by atoms with E-state index >= 15 is 0 Å². The van der Waals surface area contributed by atoms with Crippen molar-refractivity contribution in [1.29, 1.82) is 0 Å². The standard InChI is InChI=1S/C11H17N3O4/c1-11(2,3)18-10(17)14-8-6(13-9(8)16)4-5-7(12)15/h4-6,8H,1-3H3,(H2,12,15)(H,13,16)(H,14,17)/t6-,8+/m0/s1. The Morgan fingerprint density at radius 2 is 2.06 bits per heavy atom. The number of nitrogens with one attached hydrogen (secondary N) is 2. The van der Waals surface area contributed by atoms with E-state index in [1.165, 1.54) is 6.08 Å². The van der Waals surface area contributed by atoms with Crippen LogP contribution >= 0.6 is 0 Å². The molecule has 0 aromatic carbocycles. The van der Waals surface area contributed by atoms with Crippen molar-refractivity contribution in [2.24, 2.45) is 5.73 Å². The number of amides is 3. The van der Waals surface area contributed by atoms with Gasteiger partial charge >= 0.3 is 6.09 Å². The molecule has 1 fully saturated rings. The third-order valence-electron chi connectivity index (χ3n) is 2.09. The summed E-state index contributed by atoms with van der Waals surface area (Å²) in [7, 11) is 0. The zero-order chi connectivity index (χ0) is 13.9. The van der Waals surface area contributed by atoms with Crippen molar-refractivity contribution in [2.45, 2.75) is 38.5 Å². The number of alkyl carbamates (subject to hydrolysis) is 1. The monoisotopic (exact) mass is 255 g/mol. The molecule has 0 aromatic heterocycles. The van der Waals surface area contributed by atoms with Gasteiger partial charge in [0.1, 0.15) is 11.6 Å². The van der Waals surface area contributed by atoms with Gasteiger partial charge in [-0.1, -0.05) is 6.08 Å². The molecule has 1 saturated heterocycles. The van der Waals surface area contributed by atoms with E-state index in [4.69, 9.17) is 10.5 Å². The van der Waals surface area contributed by atoms with Crippen LogP contribution in [0.3, 0.4) is 0 Å². The number of hydrogen-bond acceptors (Lipinski definition) is 4. The van der Waals surface area contributed by atoms with Gasteiger partial charge in [-0.25, -0.2) is 4.79 Å². The van der Waals surface area contributed by atoms with Crippen LogP contribution in [0.4, 0.5) is 4.79 Å². The van der Waals surface area contributed by atoms with E-state index < -0.39 is 29.7 Å². The van der Waals surface area contributed by atoms with Gasteiger partial charge in [0.05, 0.1) is 6.04 Å². The molecule has 0 unspecified atom stereocenters. The molecule has 0 bridgehead atoms. The minimum Gasteiger partial charge on any atom is -0.444 e. The Balaban J connectivity index is 2.52. The number of carbonyl (C=O) groups is 3. The van der Waals surface area contributed by atoms with Crippen LogP contribution in [-0.2, 0) is 14.3 Å². The lowest BCUT2D eigenvalue weighted by Crippen LogP contribution is -2.68. The van der Waals surface area contributed by atoms with Gasteiger partial charge < -0.3 is 21.1 Å². The van der Waals surface area contributed by atoms with Crippen LogP contribution < -0.4 is 16.4 Å². The van der Waals surface area contributed by atoms with E-state index in [2.05, 4.69) is 10.6 Å². The predicted molar refractivity (Wildman–Crippen MR) is 63.4 cm³/mol. The zero-order valence-electron chi connectivity index (χ0n) is 10.5. The number of carbonyl (C=O) groups excluding carboxylic acids is 3. The first kappa shape index (κ1) is 14.0. The molecule has 2 atom stereocenters. The first-order valence-electron chi connectivity index (χ1n) is 5.46. The van der Waals surface area contributed by atoms with Crippen molar-refractivity contribution in [3.05, 3.63) is 12.2 Å². The molecule has 0 aliphatic carbocycles. The fraction of sp³-hybridized carbons (Fsp3) is 0.545. The van der Waals surface area contributed by atoms with Crippen LogP contribution in [0.5, 0.6) is 0 Å². The molecule has 0 saturated carbocycles. The van der Waals surface area contributed by atoms with Gasteiger partial charge in [-0.3, -0.25) is 9.59 Å². The highest BCUT2D eigenvalue weighted by Gasteiger charge is 2.39. The summed E-state index contributed by atoms with van der Waals surface area (Å²) in [6, 6.07) is -1.19. The smallest absolute Gasteiger partial charge is 0.408 e. The van der Waals surface area contributed by atoms with Crippen LogP contribution in [0, 0.1) is 0 Å². The Morgan fingerprint density at radius 1 is 1.44 bits per heavy atom. The van der Waals surface area contributed by atoms with Crippen molar-refractivity contribution in [2.75, 3.05) is 0 Å². The topological polar surface area (TPSA) is 111 Å². The molecule has 4 N–H and O–H groups in total. The van der Waals surface area contributed by atoms with Gasteiger partial charge in [-0.15, -0.1) is 0 Å². The second-order valence-electron chi connectivity index (χ2n) is 4.92. The highest BCUT2D eigenvalue weighted by molar-refractivity contribution is 5.94. The van der Waals surface area contributed by atoms with E-state index in [0.717, 1.165) is 6.08 Å². The molecule has 3 amide bonds. The van der Waals surface area contributed by atoms with Gasteiger partial charge in [0.15, 0.2) is 0 Å². The van der Waals surface area contributed by atoms with Crippen LogP contribution in [0.2, 0.25) is 0 Å². The summed E-state index contributed by atoms with van der Waals surface area (Å²) in [4.78, 5) is 33.3. The minimum absolute atomic E-state index is 0.333. The van der Waals surface area contributed by atoms with Crippen LogP contribution in [0.25, 0.3) is 0 Å². The first-order valence-corrected chi connectivity index (χ1v) is 5.46. The molecular weight excluding hydrogens is 238 g/mol. The largest absolute Gasteiger partial charge is 0.444 e. The average Bonchev–Trinajstić information content (AvgIpc) is 2.18. The first-order chi connectivity index (χ1) is 8.19. The molecule has 100 valence electrons. The summed E-state index contributed by atoms with van der Waals surface area (Å²) in [5, 5.41) is 4.93. The maximum atomic E-state index is 11.5. The lowest BCUT2D eigenvalue weighted by molar-refractivity contribution is -0.130. The molecule has 7 nitrogen and oxygen atoms in total. The lowest BCUT2D eigenvalue weighted by atomic mass is 9.99. The van der Waals surface area contributed by atoms with E-state index in [-0.39, 0.29) is 5.91 Å². The molecule has 0 aromatic rings. The predicted octanol–water partition coefficient (Wildman–Crippen LogP) is -0.580. The summed E-state index contributed by atoms with van der Waals surface area (Å²) >= 11 is 0. The fourth-order valence-corrected chi connectivity index (χ4v) is 1.35. The summed E-state index contributed by atoms with van der Waals surface area (Å²) in [6.07, 6.45) is 1.87. The fourth-order valence-electron chi connectivity index (χ4n) is 1.35. The Labute approximate surface area is 105 Å². The number of ether oxygens (including phenoxy) is 1. The van der Waals surface area contributed by atoms with Crippen LogP contribution in [-0.4, -0.2) is 35.6 Å². The molecule has 1 heterocycles. The maximum Gasteiger partial charge on any atom is 0.408 e. The van der Waals surface area contributed by atoms with Crippen molar-refractivity contribution < 1.29 is 19.1 Å². The molecule has 18 heavy (non-hydrogen) atoms. The Hall–Kier alpha value is -2.05. The van der Waals surface area contributed by atoms with Crippen molar-refractivity contribution >= 4 is 17.9 Å². The summed E-state index contributed by atoms with van der Waals surface area (Å²) in [6.45, 7) is 5.16. The normalized spacial score (nSPS) is 23.2. The van der Waals surface area contributed by atoms with Crippen molar-refractivity contribution in [1.82, 2.24) is 10.6 Å². The van der Waals surface area contributed by atoms with Gasteiger partial charge in [0.2, 0.25) is 11.8 Å². The summed E-state index contributed by atoms with van der Waals surface area (Å²) in [5.74, 6) is -0.952. The number of primary amides is 1. The van der Waals surface area contributed by atoms with Gasteiger partial charge in [-0.05, 0) is 20.8 Å². The third kappa shape index (κ3) is 4.08. The third-order valence-corrected chi connectivity index (χ3v) is 2.09. The molecule has 0 radical (unpaired) electrons. The highest BCUT2D eigenvalue weighted by atomic mass is 16.6. The molecule has 1 aliphatic rings. The van der Waals surface area contributed by atoms with E-state index in [1.807, 2.05) is 0 Å². The maximum absolute atomic E-state index is 11.5. The molecule has 0 spiro atoms.